The highest BCUT2D eigenvalue weighted by atomic mass is 15.4. The van der Waals surface area contributed by atoms with Gasteiger partial charge in [-0.25, -0.2) is 9.53 Å². The van der Waals surface area contributed by atoms with Crippen LogP contribution in [0.15, 0.2) is 30.5 Å². The van der Waals surface area contributed by atoms with Crippen molar-refractivity contribution in [1.82, 2.24) is 15.0 Å². The minimum Gasteiger partial charge on any atom is -0.248 e. The Hall–Kier alpha value is -2.15. The first kappa shape index (κ1) is 9.41. The van der Waals surface area contributed by atoms with Gasteiger partial charge in [0.1, 0.15) is 0 Å². The van der Waals surface area contributed by atoms with Crippen LogP contribution in [0.5, 0.6) is 0 Å². The zero-order valence-electron chi connectivity index (χ0n) is 8.38. The lowest BCUT2D eigenvalue weighted by Gasteiger charge is -2.00. The fourth-order valence-corrected chi connectivity index (χ4v) is 1.34. The summed E-state index contributed by atoms with van der Waals surface area (Å²) in [6, 6.07) is 7.49. The van der Waals surface area contributed by atoms with Crippen molar-refractivity contribution in [2.24, 2.45) is 0 Å². The molecule has 1 aromatic heterocycles. The quantitative estimate of drug-likeness (QED) is 0.693. The van der Waals surface area contributed by atoms with Gasteiger partial charge >= 0.3 is 0 Å². The van der Waals surface area contributed by atoms with Gasteiger partial charge in [0.05, 0.1) is 18.8 Å². The van der Waals surface area contributed by atoms with E-state index in [9.17, 15) is 0 Å². The predicted octanol–water partition coefficient (Wildman–Crippen LogP) is 2.19. The fourth-order valence-electron chi connectivity index (χ4n) is 1.34. The fraction of sp³-hybridized carbons (Fsp3) is 0.182. The minimum absolute atomic E-state index is 0.661. The van der Waals surface area contributed by atoms with E-state index in [1.165, 1.54) is 0 Å². The smallest absolute Gasteiger partial charge is 0.187 e. The maximum atomic E-state index is 6.84. The van der Waals surface area contributed by atoms with Gasteiger partial charge in [-0.05, 0) is 12.5 Å². The Morgan fingerprint density at radius 2 is 2.07 bits per heavy atom. The van der Waals surface area contributed by atoms with Crippen molar-refractivity contribution in [2.45, 2.75) is 13.5 Å². The molecular weight excluding hydrogens is 188 g/mol. The van der Waals surface area contributed by atoms with Gasteiger partial charge in [-0.1, -0.05) is 29.5 Å². The number of rotatable bonds is 2. The van der Waals surface area contributed by atoms with Gasteiger partial charge in [-0.15, -0.1) is 5.10 Å². The molecular formula is C11H10N4. The summed E-state index contributed by atoms with van der Waals surface area (Å²) < 4.78 is 1.78. The summed E-state index contributed by atoms with van der Waals surface area (Å²) in [5.41, 5.74) is 2.69. The molecule has 0 atom stereocenters. The van der Waals surface area contributed by atoms with Gasteiger partial charge in [0.25, 0.3) is 0 Å². The Morgan fingerprint density at radius 1 is 1.33 bits per heavy atom. The van der Waals surface area contributed by atoms with Gasteiger partial charge in [-0.2, -0.15) is 0 Å². The third-order valence-corrected chi connectivity index (χ3v) is 2.06. The topological polar surface area (TPSA) is 35.1 Å². The molecule has 74 valence electrons. The number of hydrogen-bond donors (Lipinski definition) is 0. The lowest BCUT2D eigenvalue weighted by atomic mass is 10.2. The third kappa shape index (κ3) is 2.20. The average molecular weight is 198 g/mol. The molecule has 0 aliphatic heterocycles. The summed E-state index contributed by atoms with van der Waals surface area (Å²) in [5.74, 6) is 0. The van der Waals surface area contributed by atoms with Crippen LogP contribution in [0.2, 0.25) is 0 Å². The first-order chi connectivity index (χ1) is 7.28. The highest BCUT2D eigenvalue weighted by Gasteiger charge is 1.98. The van der Waals surface area contributed by atoms with Gasteiger partial charge in [-0.3, -0.25) is 0 Å². The summed E-state index contributed by atoms with van der Waals surface area (Å²) in [6.45, 7) is 9.44. The van der Waals surface area contributed by atoms with Crippen molar-refractivity contribution < 1.29 is 0 Å². The van der Waals surface area contributed by atoms with E-state index in [0.29, 0.717) is 12.2 Å². The zero-order chi connectivity index (χ0) is 10.7. The van der Waals surface area contributed by atoms with Gasteiger partial charge in [0.15, 0.2) is 5.69 Å². The molecule has 0 radical (unpaired) electrons. The summed E-state index contributed by atoms with van der Waals surface area (Å²) in [7, 11) is 0. The largest absolute Gasteiger partial charge is 0.248 e. The molecule has 0 aliphatic carbocycles. The summed E-state index contributed by atoms with van der Waals surface area (Å²) >= 11 is 0. The van der Waals surface area contributed by atoms with Crippen LogP contribution in [0.3, 0.4) is 0 Å². The number of hydrogen-bond acceptors (Lipinski definition) is 2. The molecule has 0 unspecified atom stereocenters. The second-order valence-corrected chi connectivity index (χ2v) is 3.34. The molecule has 2 rings (SSSR count). The maximum Gasteiger partial charge on any atom is 0.187 e. The summed E-state index contributed by atoms with van der Waals surface area (Å²) in [4.78, 5) is 3.34. The Kier molecular flexibility index (Phi) is 2.46. The maximum absolute atomic E-state index is 6.84. The van der Waals surface area contributed by atoms with Crippen LogP contribution in [-0.4, -0.2) is 15.0 Å². The molecule has 0 bridgehead atoms. The summed E-state index contributed by atoms with van der Waals surface area (Å²) in [6.07, 6.45) is 1.89. The van der Waals surface area contributed by atoms with E-state index in [0.717, 1.165) is 11.3 Å². The van der Waals surface area contributed by atoms with Gasteiger partial charge in [0.2, 0.25) is 0 Å². The highest BCUT2D eigenvalue weighted by molar-refractivity contribution is 5.45. The average Bonchev–Trinajstić information content (AvgIpc) is 2.65. The lowest BCUT2D eigenvalue weighted by Crippen LogP contribution is -1.99. The minimum atomic E-state index is 0.661. The second kappa shape index (κ2) is 3.93. The highest BCUT2D eigenvalue weighted by Crippen LogP contribution is 2.13. The molecule has 2 aromatic rings. The summed E-state index contributed by atoms with van der Waals surface area (Å²) in [5, 5.41) is 7.87. The monoisotopic (exact) mass is 198 g/mol. The van der Waals surface area contributed by atoms with Crippen LogP contribution in [0.25, 0.3) is 4.85 Å². The third-order valence-electron chi connectivity index (χ3n) is 2.06. The molecule has 0 saturated carbocycles. The van der Waals surface area contributed by atoms with Crippen molar-refractivity contribution in [3.63, 3.8) is 0 Å². The standard InChI is InChI=1S/C11H10N4/c1-9-7-15(14-13-9)8-10-3-5-11(12-2)6-4-10/h3-7H,8H2,1H3. The van der Waals surface area contributed by atoms with Crippen molar-refractivity contribution >= 4 is 5.69 Å². The molecule has 15 heavy (non-hydrogen) atoms. The molecule has 4 nitrogen and oxygen atoms in total. The Balaban J connectivity index is 2.15. The molecule has 1 heterocycles. The van der Waals surface area contributed by atoms with Crippen LogP contribution >= 0.6 is 0 Å². The van der Waals surface area contributed by atoms with E-state index < -0.39 is 0 Å². The molecule has 4 heteroatoms. The van der Waals surface area contributed by atoms with E-state index in [-0.39, 0.29) is 0 Å². The Morgan fingerprint density at radius 3 is 2.60 bits per heavy atom. The number of aromatic nitrogens is 3. The zero-order valence-corrected chi connectivity index (χ0v) is 8.38. The molecule has 0 aliphatic rings. The van der Waals surface area contributed by atoms with Crippen molar-refractivity contribution in [3.8, 4) is 0 Å². The van der Waals surface area contributed by atoms with E-state index >= 15 is 0 Å². The normalized spacial score (nSPS) is 9.87. The number of nitrogens with zero attached hydrogens (tertiary/aromatic N) is 4. The second-order valence-electron chi connectivity index (χ2n) is 3.34. The molecule has 0 spiro atoms. The molecule has 1 aromatic carbocycles. The van der Waals surface area contributed by atoms with E-state index in [4.69, 9.17) is 6.57 Å². The Labute approximate surface area is 88.0 Å². The van der Waals surface area contributed by atoms with Crippen LogP contribution in [-0.2, 0) is 6.54 Å². The predicted molar refractivity (Wildman–Crippen MR) is 56.6 cm³/mol. The van der Waals surface area contributed by atoms with Crippen molar-refractivity contribution in [1.29, 1.82) is 0 Å². The van der Waals surface area contributed by atoms with Crippen LogP contribution in [0.4, 0.5) is 5.69 Å². The molecule has 0 saturated heterocycles. The van der Waals surface area contributed by atoms with Gasteiger partial charge < -0.3 is 0 Å². The van der Waals surface area contributed by atoms with Crippen LogP contribution < -0.4 is 0 Å². The SMILES string of the molecule is [C-]#[N+]c1ccc(Cn2cc(C)nn2)cc1. The number of aryl methyl sites for hydroxylation is 1. The lowest BCUT2D eigenvalue weighted by molar-refractivity contribution is 0.649. The van der Waals surface area contributed by atoms with E-state index in [1.54, 1.807) is 4.68 Å². The van der Waals surface area contributed by atoms with Crippen molar-refractivity contribution in [2.75, 3.05) is 0 Å². The van der Waals surface area contributed by atoms with Crippen molar-refractivity contribution in [3.05, 3.63) is 53.1 Å². The van der Waals surface area contributed by atoms with Gasteiger partial charge in [0, 0.05) is 6.20 Å². The van der Waals surface area contributed by atoms with E-state index in [2.05, 4.69) is 15.2 Å². The van der Waals surface area contributed by atoms with E-state index in [1.807, 2.05) is 37.4 Å². The molecule has 0 amide bonds. The Bertz CT molecular complexity index is 490. The van der Waals surface area contributed by atoms with Crippen LogP contribution in [0, 0.1) is 13.5 Å². The first-order valence-electron chi connectivity index (χ1n) is 4.61. The van der Waals surface area contributed by atoms with Crippen LogP contribution in [0.1, 0.15) is 11.3 Å². The molecule has 0 N–H and O–H groups in total. The first-order valence-corrected chi connectivity index (χ1v) is 4.61. The molecule has 0 fully saturated rings. The number of benzene rings is 1.